The first-order chi connectivity index (χ1) is 12.6. The smallest absolute Gasteiger partial charge is 0.303 e. The maximum atomic E-state index is 13.0. The molecule has 0 bridgehead atoms. The molecule has 1 atom stereocenters. The Kier molecular flexibility index (Phi) is 6.19. The van der Waals surface area contributed by atoms with Crippen LogP contribution in [0.15, 0.2) is 24.3 Å². The van der Waals surface area contributed by atoms with Gasteiger partial charge in [-0.2, -0.15) is 11.8 Å². The van der Waals surface area contributed by atoms with Crippen molar-refractivity contribution in [1.29, 1.82) is 0 Å². The third-order valence-corrected chi connectivity index (χ3v) is 5.49. The Bertz CT molecular complexity index is 789. The number of nitrogens with zero attached hydrogens (tertiary/aromatic N) is 3. The average Bonchev–Trinajstić information content (AvgIpc) is 2.98. The number of imidazole rings is 1. The molecule has 6 nitrogen and oxygen atoms in total. The average molecular weight is 375 g/mol. The van der Waals surface area contributed by atoms with Crippen LogP contribution in [0.25, 0.3) is 11.0 Å². The van der Waals surface area contributed by atoms with Crippen molar-refractivity contribution < 1.29 is 14.7 Å². The fourth-order valence-corrected chi connectivity index (χ4v) is 4.16. The molecule has 1 aliphatic rings. The van der Waals surface area contributed by atoms with E-state index >= 15 is 0 Å². The number of carbonyl (C=O) groups is 2. The lowest BCUT2D eigenvalue weighted by atomic mass is 9.98. The van der Waals surface area contributed by atoms with Crippen molar-refractivity contribution in [3.63, 3.8) is 0 Å². The summed E-state index contributed by atoms with van der Waals surface area (Å²) in [6.07, 6.45) is 5.60. The second-order valence-corrected chi connectivity index (χ2v) is 7.57. The summed E-state index contributed by atoms with van der Waals surface area (Å²) in [4.78, 5) is 30.5. The van der Waals surface area contributed by atoms with Gasteiger partial charge in [-0.05, 0) is 44.1 Å². The molecule has 2 aromatic rings. The number of carbonyl (C=O) groups excluding carboxylic acids is 1. The number of hydrogen-bond acceptors (Lipinski definition) is 4. The molecular formula is C19H25N3O3S. The van der Waals surface area contributed by atoms with Gasteiger partial charge in [-0.25, -0.2) is 4.98 Å². The van der Waals surface area contributed by atoms with Crippen molar-refractivity contribution in [3.8, 4) is 0 Å². The number of aromatic nitrogens is 2. The standard InChI is InChI=1S/C19H25N3O3S/c1-26-13-17-20-15-7-2-3-8-16(15)22(17)12-18(23)21-11-5-4-6-14(21)9-10-19(24)25/h2-3,7-8,14H,4-6,9-13H2,1H3,(H,24,25). The Morgan fingerprint density at radius 3 is 2.88 bits per heavy atom. The van der Waals surface area contributed by atoms with E-state index in [9.17, 15) is 9.59 Å². The lowest BCUT2D eigenvalue weighted by molar-refractivity contribution is -0.140. The van der Waals surface area contributed by atoms with Crippen LogP contribution in [0.5, 0.6) is 0 Å². The highest BCUT2D eigenvalue weighted by Crippen LogP contribution is 2.23. The number of benzene rings is 1. The number of carboxylic acids is 1. The number of likely N-dealkylation sites (tertiary alicyclic amines) is 1. The fourth-order valence-electron chi connectivity index (χ4n) is 3.69. The van der Waals surface area contributed by atoms with Crippen molar-refractivity contribution in [2.75, 3.05) is 12.8 Å². The summed E-state index contributed by atoms with van der Waals surface area (Å²) in [7, 11) is 0. The zero-order valence-corrected chi connectivity index (χ0v) is 15.9. The van der Waals surface area contributed by atoms with E-state index in [2.05, 4.69) is 4.98 Å². The highest BCUT2D eigenvalue weighted by molar-refractivity contribution is 7.97. The van der Waals surface area contributed by atoms with Gasteiger partial charge in [-0.15, -0.1) is 0 Å². The normalized spacial score (nSPS) is 17.6. The Labute approximate surface area is 157 Å². The van der Waals surface area contributed by atoms with Crippen LogP contribution in [0.1, 0.15) is 37.9 Å². The molecule has 0 aliphatic carbocycles. The molecule has 0 radical (unpaired) electrons. The number of piperidine rings is 1. The SMILES string of the molecule is CSCc1nc2ccccc2n1CC(=O)N1CCCCC1CCC(=O)O. The van der Waals surface area contributed by atoms with Crippen molar-refractivity contribution in [2.24, 2.45) is 0 Å². The second-order valence-electron chi connectivity index (χ2n) is 6.71. The number of aliphatic carboxylic acids is 1. The summed E-state index contributed by atoms with van der Waals surface area (Å²) in [5.74, 6) is 0.923. The topological polar surface area (TPSA) is 75.4 Å². The van der Waals surface area contributed by atoms with Gasteiger partial charge in [0.2, 0.25) is 5.91 Å². The Hall–Kier alpha value is -2.02. The van der Waals surface area contributed by atoms with E-state index in [1.54, 1.807) is 11.8 Å². The van der Waals surface area contributed by atoms with Gasteiger partial charge in [0.1, 0.15) is 12.4 Å². The van der Waals surface area contributed by atoms with Crippen LogP contribution in [0, 0.1) is 0 Å². The van der Waals surface area contributed by atoms with Crippen LogP contribution < -0.4 is 0 Å². The minimum atomic E-state index is -0.800. The lowest BCUT2D eigenvalue weighted by Gasteiger charge is -2.36. The van der Waals surface area contributed by atoms with E-state index in [-0.39, 0.29) is 24.9 Å². The first kappa shape index (κ1) is 18.8. The molecule has 1 fully saturated rings. The molecule has 2 heterocycles. The van der Waals surface area contributed by atoms with Crippen LogP contribution in [0.4, 0.5) is 0 Å². The molecule has 1 saturated heterocycles. The van der Waals surface area contributed by atoms with E-state index in [1.165, 1.54) is 0 Å². The Morgan fingerprint density at radius 2 is 2.12 bits per heavy atom. The van der Waals surface area contributed by atoms with Gasteiger partial charge in [0, 0.05) is 19.0 Å². The fraction of sp³-hybridized carbons (Fsp3) is 0.526. The van der Waals surface area contributed by atoms with Gasteiger partial charge >= 0.3 is 5.97 Å². The molecular weight excluding hydrogens is 350 g/mol. The number of amides is 1. The summed E-state index contributed by atoms with van der Waals surface area (Å²) < 4.78 is 2.01. The molecule has 1 aromatic heterocycles. The van der Waals surface area contributed by atoms with Crippen molar-refractivity contribution >= 4 is 34.7 Å². The molecule has 0 saturated carbocycles. The maximum absolute atomic E-state index is 13.0. The van der Waals surface area contributed by atoms with Crippen LogP contribution in [0.2, 0.25) is 0 Å². The number of carboxylic acid groups (broad SMARTS) is 1. The summed E-state index contributed by atoms with van der Waals surface area (Å²) in [5.41, 5.74) is 1.88. The minimum Gasteiger partial charge on any atom is -0.481 e. The summed E-state index contributed by atoms with van der Waals surface area (Å²) in [6.45, 7) is 0.980. The summed E-state index contributed by atoms with van der Waals surface area (Å²) in [6, 6.07) is 7.92. The number of hydrogen-bond donors (Lipinski definition) is 1. The summed E-state index contributed by atoms with van der Waals surface area (Å²) in [5, 5.41) is 8.97. The van der Waals surface area contributed by atoms with Gasteiger partial charge in [-0.3, -0.25) is 9.59 Å². The first-order valence-electron chi connectivity index (χ1n) is 9.04. The van der Waals surface area contributed by atoms with Crippen LogP contribution in [0.3, 0.4) is 0 Å². The lowest BCUT2D eigenvalue weighted by Crippen LogP contribution is -2.45. The van der Waals surface area contributed by atoms with E-state index < -0.39 is 5.97 Å². The number of rotatable bonds is 7. The molecule has 1 aliphatic heterocycles. The van der Waals surface area contributed by atoms with Crippen molar-refractivity contribution in [3.05, 3.63) is 30.1 Å². The molecule has 26 heavy (non-hydrogen) atoms. The molecule has 3 rings (SSSR count). The predicted molar refractivity (Wildman–Crippen MR) is 103 cm³/mol. The molecule has 1 unspecified atom stereocenters. The first-order valence-corrected chi connectivity index (χ1v) is 10.4. The molecule has 0 spiro atoms. The van der Waals surface area contributed by atoms with Crippen molar-refractivity contribution in [2.45, 2.75) is 50.4 Å². The Balaban J connectivity index is 1.80. The number of thioether (sulfide) groups is 1. The Morgan fingerprint density at radius 1 is 1.31 bits per heavy atom. The summed E-state index contributed by atoms with van der Waals surface area (Å²) >= 11 is 1.69. The maximum Gasteiger partial charge on any atom is 0.303 e. The van der Waals surface area contributed by atoms with E-state index in [1.807, 2.05) is 40.0 Å². The van der Waals surface area contributed by atoms with Crippen molar-refractivity contribution in [1.82, 2.24) is 14.5 Å². The predicted octanol–water partition coefficient (Wildman–Crippen LogP) is 3.15. The zero-order valence-electron chi connectivity index (χ0n) is 15.1. The van der Waals surface area contributed by atoms with Crippen LogP contribution in [-0.4, -0.2) is 50.3 Å². The van der Waals surface area contributed by atoms with Gasteiger partial charge in [0.05, 0.1) is 16.8 Å². The van der Waals surface area contributed by atoms with Gasteiger partial charge in [-0.1, -0.05) is 12.1 Å². The third-order valence-electron chi connectivity index (χ3n) is 4.94. The van der Waals surface area contributed by atoms with E-state index in [0.29, 0.717) is 13.0 Å². The van der Waals surface area contributed by atoms with Gasteiger partial charge in [0.15, 0.2) is 0 Å². The molecule has 1 aromatic carbocycles. The minimum absolute atomic E-state index is 0.0335. The van der Waals surface area contributed by atoms with E-state index in [4.69, 9.17) is 5.11 Å². The molecule has 7 heteroatoms. The highest BCUT2D eigenvalue weighted by Gasteiger charge is 2.27. The van der Waals surface area contributed by atoms with Crippen LogP contribution in [-0.2, 0) is 21.9 Å². The third kappa shape index (κ3) is 4.20. The molecule has 1 amide bonds. The van der Waals surface area contributed by atoms with Gasteiger partial charge < -0.3 is 14.6 Å². The largest absolute Gasteiger partial charge is 0.481 e. The van der Waals surface area contributed by atoms with Gasteiger partial charge in [0.25, 0.3) is 0 Å². The molecule has 1 N–H and O–H groups in total. The second kappa shape index (κ2) is 8.58. The monoisotopic (exact) mass is 375 g/mol. The zero-order chi connectivity index (χ0) is 18.5. The highest BCUT2D eigenvalue weighted by atomic mass is 32.2. The molecule has 140 valence electrons. The number of fused-ring (bicyclic) bond motifs is 1. The number of para-hydroxylation sites is 2. The quantitative estimate of drug-likeness (QED) is 0.805. The van der Waals surface area contributed by atoms with Crippen LogP contribution >= 0.6 is 11.8 Å². The van der Waals surface area contributed by atoms with E-state index in [0.717, 1.165) is 41.9 Å².